The number of rotatable bonds is 12. The average molecular weight is 475 g/mol. The van der Waals surface area contributed by atoms with Crippen LogP contribution in [-0.4, -0.2) is 32.4 Å². The maximum atomic E-state index is 6.72. The summed E-state index contributed by atoms with van der Waals surface area (Å²) in [6.45, 7) is 10.7. The van der Waals surface area contributed by atoms with Crippen molar-refractivity contribution in [2.45, 2.75) is 49.4 Å². The van der Waals surface area contributed by atoms with Gasteiger partial charge in [0, 0.05) is 0 Å². The van der Waals surface area contributed by atoms with Gasteiger partial charge < -0.3 is 0 Å². The summed E-state index contributed by atoms with van der Waals surface area (Å²) in [6.07, 6.45) is 2.19. The van der Waals surface area contributed by atoms with Crippen molar-refractivity contribution in [2.24, 2.45) is 11.8 Å². The molecule has 3 heteroatoms. The zero-order valence-corrected chi connectivity index (χ0v) is 20.3. The van der Waals surface area contributed by atoms with E-state index >= 15 is 0 Å². The maximum absolute atomic E-state index is 6.72. The Kier molecular flexibility index (Phi) is 9.88. The molecule has 2 nitrogen and oxygen atoms in total. The topological polar surface area (TPSA) is 18.5 Å². The summed E-state index contributed by atoms with van der Waals surface area (Å²) in [7, 11) is 0. The molecule has 0 unspecified atom stereocenters. The van der Waals surface area contributed by atoms with Crippen molar-refractivity contribution >= 4 is 19.2 Å². The molecule has 0 N–H and O–H groups in total. The summed E-state index contributed by atoms with van der Waals surface area (Å²) in [5.41, 5.74) is 2.69. The molecule has 2 rings (SSSR count). The van der Waals surface area contributed by atoms with Crippen LogP contribution < -0.4 is 0 Å². The van der Waals surface area contributed by atoms with E-state index < -0.39 is 19.2 Å². The first-order chi connectivity index (χ1) is 13.0. The van der Waals surface area contributed by atoms with Crippen molar-refractivity contribution in [2.75, 3.05) is 13.2 Å². The normalized spacial score (nSPS) is 12.1. The van der Waals surface area contributed by atoms with E-state index in [0.717, 1.165) is 34.9 Å². The van der Waals surface area contributed by atoms with E-state index in [0.29, 0.717) is 11.8 Å². The fourth-order valence-corrected chi connectivity index (χ4v) is 12.5. The van der Waals surface area contributed by atoms with E-state index in [4.69, 9.17) is 6.15 Å². The zero-order chi connectivity index (χ0) is 19.5. The second-order valence-electron chi connectivity index (χ2n) is 8.30. The van der Waals surface area contributed by atoms with Crippen LogP contribution >= 0.6 is 0 Å². The molecule has 0 aliphatic heterocycles. The Bertz CT molecular complexity index is 568. The first kappa shape index (κ1) is 22.4. The minimum absolute atomic E-state index is 0.651. The van der Waals surface area contributed by atoms with Crippen molar-refractivity contribution in [1.82, 2.24) is 0 Å². The van der Waals surface area contributed by atoms with Crippen LogP contribution in [0.4, 0.5) is 0 Å². The standard InChI is InChI=1S/2C7H7.2C5H11O.Sn/c2*1-7-5-3-2-4-6-7;2*1-5(2)3-4-6;/h2*2-6H,1H2;2*5H,3-4H2,1-2H3;/q;;2*-1;+2. The minimum atomic E-state index is -3.33. The number of hydrogen-bond donors (Lipinski definition) is 0. The van der Waals surface area contributed by atoms with Crippen LogP contribution in [0.25, 0.3) is 0 Å². The van der Waals surface area contributed by atoms with Gasteiger partial charge in [-0.05, 0) is 0 Å². The van der Waals surface area contributed by atoms with Crippen LogP contribution in [0, 0.1) is 11.8 Å². The molecular formula is C24H36O2Sn. The van der Waals surface area contributed by atoms with Gasteiger partial charge in [-0.15, -0.1) is 0 Å². The Morgan fingerprint density at radius 1 is 0.630 bits per heavy atom. The second-order valence-corrected chi connectivity index (χ2v) is 17.2. The first-order valence-corrected chi connectivity index (χ1v) is 16.7. The summed E-state index contributed by atoms with van der Waals surface area (Å²) in [6, 6.07) is 21.5. The van der Waals surface area contributed by atoms with Crippen LogP contribution in [0.2, 0.25) is 0 Å². The Balaban J connectivity index is 2.23. The summed E-state index contributed by atoms with van der Waals surface area (Å²) < 4.78 is 15.4. The molecule has 2 aromatic rings. The van der Waals surface area contributed by atoms with Gasteiger partial charge in [0.05, 0.1) is 0 Å². The molecule has 0 saturated carbocycles. The van der Waals surface area contributed by atoms with Gasteiger partial charge >= 0.3 is 172 Å². The Morgan fingerprint density at radius 3 is 1.33 bits per heavy atom. The van der Waals surface area contributed by atoms with Crippen molar-refractivity contribution in [1.29, 1.82) is 0 Å². The quantitative estimate of drug-likeness (QED) is 0.345. The first-order valence-electron chi connectivity index (χ1n) is 10.3. The predicted molar refractivity (Wildman–Crippen MR) is 117 cm³/mol. The molecule has 0 radical (unpaired) electrons. The van der Waals surface area contributed by atoms with Gasteiger partial charge in [0.2, 0.25) is 0 Å². The second kappa shape index (κ2) is 11.9. The van der Waals surface area contributed by atoms with E-state index in [2.05, 4.69) is 88.4 Å². The van der Waals surface area contributed by atoms with Crippen LogP contribution in [0.1, 0.15) is 51.7 Å². The van der Waals surface area contributed by atoms with Gasteiger partial charge in [0.1, 0.15) is 0 Å². The monoisotopic (exact) mass is 476 g/mol. The molecule has 0 aromatic heterocycles. The van der Waals surface area contributed by atoms with Crippen molar-refractivity contribution in [3.63, 3.8) is 0 Å². The van der Waals surface area contributed by atoms with Crippen molar-refractivity contribution in [3.8, 4) is 0 Å². The molecule has 2 aromatic carbocycles. The third kappa shape index (κ3) is 8.80. The van der Waals surface area contributed by atoms with E-state index in [9.17, 15) is 0 Å². The number of hydrogen-bond acceptors (Lipinski definition) is 2. The molecule has 0 aliphatic rings. The van der Waals surface area contributed by atoms with Gasteiger partial charge in [0.15, 0.2) is 0 Å². The molecule has 0 spiro atoms. The van der Waals surface area contributed by atoms with Gasteiger partial charge in [-0.1, -0.05) is 0 Å². The van der Waals surface area contributed by atoms with E-state index in [1.165, 1.54) is 11.1 Å². The van der Waals surface area contributed by atoms with Crippen molar-refractivity contribution in [3.05, 3.63) is 71.8 Å². The molecule has 0 saturated heterocycles. The zero-order valence-electron chi connectivity index (χ0n) is 17.5. The summed E-state index contributed by atoms with van der Waals surface area (Å²) in [4.78, 5) is 0. The van der Waals surface area contributed by atoms with E-state index in [1.807, 2.05) is 0 Å². The van der Waals surface area contributed by atoms with Gasteiger partial charge in [-0.2, -0.15) is 0 Å². The number of benzene rings is 2. The van der Waals surface area contributed by atoms with E-state index in [-0.39, 0.29) is 0 Å². The summed E-state index contributed by atoms with van der Waals surface area (Å²) in [5.74, 6) is 1.30. The van der Waals surface area contributed by atoms with Crippen LogP contribution in [0.3, 0.4) is 0 Å². The third-order valence-electron chi connectivity index (χ3n) is 4.75. The van der Waals surface area contributed by atoms with Crippen LogP contribution in [0.5, 0.6) is 0 Å². The molecule has 148 valence electrons. The van der Waals surface area contributed by atoms with Crippen LogP contribution in [-0.2, 0) is 15.0 Å². The molecule has 0 bridgehead atoms. The van der Waals surface area contributed by atoms with Gasteiger partial charge in [-0.25, -0.2) is 0 Å². The third-order valence-corrected chi connectivity index (χ3v) is 14.3. The SMILES string of the molecule is CC(C)CC[O][Sn]([CH2]c1ccccc1)([CH2]c1ccccc1)[O]CCC(C)C. The summed E-state index contributed by atoms with van der Waals surface area (Å²) >= 11 is -3.33. The van der Waals surface area contributed by atoms with Crippen LogP contribution in [0.15, 0.2) is 60.7 Å². The molecule has 0 amide bonds. The Labute approximate surface area is 171 Å². The fraction of sp³-hybridized carbons (Fsp3) is 0.500. The molecule has 0 heterocycles. The molecular weight excluding hydrogens is 439 g/mol. The molecule has 27 heavy (non-hydrogen) atoms. The molecule has 0 atom stereocenters. The van der Waals surface area contributed by atoms with Gasteiger partial charge in [0.25, 0.3) is 0 Å². The average Bonchev–Trinajstić information content (AvgIpc) is 2.63. The van der Waals surface area contributed by atoms with E-state index in [1.54, 1.807) is 0 Å². The summed E-state index contributed by atoms with van der Waals surface area (Å²) in [5, 5.41) is 0. The molecule has 0 fully saturated rings. The predicted octanol–water partition coefficient (Wildman–Crippen LogP) is 6.12. The molecule has 0 aliphatic carbocycles. The Hall–Kier alpha value is -0.841. The Morgan fingerprint density at radius 2 is 1.00 bits per heavy atom. The fourth-order valence-electron chi connectivity index (χ4n) is 3.08. The van der Waals surface area contributed by atoms with Gasteiger partial charge in [-0.3, -0.25) is 0 Å². The van der Waals surface area contributed by atoms with Crippen molar-refractivity contribution < 1.29 is 6.15 Å².